The Morgan fingerprint density at radius 1 is 1.21 bits per heavy atom. The van der Waals surface area contributed by atoms with Crippen molar-refractivity contribution in [2.75, 3.05) is 6.61 Å². The van der Waals surface area contributed by atoms with E-state index in [9.17, 15) is 14.4 Å². The third-order valence-corrected chi connectivity index (χ3v) is 4.84. The van der Waals surface area contributed by atoms with E-state index in [4.69, 9.17) is 9.47 Å². The Morgan fingerprint density at radius 3 is 2.50 bits per heavy atom. The Morgan fingerprint density at radius 2 is 1.89 bits per heavy atom. The summed E-state index contributed by atoms with van der Waals surface area (Å²) in [5.41, 5.74) is 1.13. The van der Waals surface area contributed by atoms with Crippen molar-refractivity contribution in [3.63, 3.8) is 0 Å². The standard InChI is InChI=1S/C22H25NO5/c1-5-27-21(26)19-17(14-9-7-6-8-10-14)18-15(25)11-22(3,4)12-16(18)28-20(19)23-13(2)24/h6-10,17H,5,11-12H2,1-4H3,(H,23,24). The first-order valence-electron chi connectivity index (χ1n) is 9.41. The van der Waals surface area contributed by atoms with Crippen molar-refractivity contribution in [2.24, 2.45) is 5.41 Å². The van der Waals surface area contributed by atoms with Crippen molar-refractivity contribution in [2.45, 2.75) is 46.5 Å². The van der Waals surface area contributed by atoms with Crippen LogP contribution in [0, 0.1) is 5.41 Å². The van der Waals surface area contributed by atoms with Crippen LogP contribution in [0.2, 0.25) is 0 Å². The minimum absolute atomic E-state index is 0.0454. The lowest BCUT2D eigenvalue weighted by atomic mass is 9.70. The van der Waals surface area contributed by atoms with Crippen LogP contribution in [0.4, 0.5) is 0 Å². The molecule has 1 aliphatic carbocycles. The summed E-state index contributed by atoms with van der Waals surface area (Å²) in [5.74, 6) is -1.12. The highest BCUT2D eigenvalue weighted by molar-refractivity contribution is 6.04. The molecule has 0 spiro atoms. The molecular formula is C22H25NO5. The van der Waals surface area contributed by atoms with Gasteiger partial charge >= 0.3 is 5.97 Å². The number of carbonyl (C=O) groups is 3. The van der Waals surface area contributed by atoms with Gasteiger partial charge in [-0.2, -0.15) is 0 Å². The summed E-state index contributed by atoms with van der Waals surface area (Å²) in [6.07, 6.45) is 0.903. The number of benzene rings is 1. The highest BCUT2D eigenvalue weighted by atomic mass is 16.5. The maximum absolute atomic E-state index is 13.1. The smallest absolute Gasteiger partial charge is 0.340 e. The van der Waals surface area contributed by atoms with Crippen LogP contribution in [-0.4, -0.2) is 24.3 Å². The first-order valence-corrected chi connectivity index (χ1v) is 9.41. The number of allylic oxidation sites excluding steroid dienone is 2. The van der Waals surface area contributed by atoms with E-state index in [1.54, 1.807) is 6.92 Å². The minimum Gasteiger partial charge on any atom is -0.462 e. The third-order valence-electron chi connectivity index (χ3n) is 4.84. The van der Waals surface area contributed by atoms with Gasteiger partial charge < -0.3 is 9.47 Å². The summed E-state index contributed by atoms with van der Waals surface area (Å²) in [6.45, 7) is 7.22. The number of hydrogen-bond donors (Lipinski definition) is 1. The number of nitrogens with one attached hydrogen (secondary N) is 1. The van der Waals surface area contributed by atoms with E-state index in [0.717, 1.165) is 5.56 Å². The number of ether oxygens (including phenoxy) is 2. The fourth-order valence-electron chi connectivity index (χ4n) is 3.80. The largest absolute Gasteiger partial charge is 0.462 e. The van der Waals surface area contributed by atoms with E-state index in [-0.39, 0.29) is 35.2 Å². The number of rotatable bonds is 4. The van der Waals surface area contributed by atoms with E-state index < -0.39 is 11.9 Å². The van der Waals surface area contributed by atoms with E-state index in [2.05, 4.69) is 5.32 Å². The lowest BCUT2D eigenvalue weighted by molar-refractivity contribution is -0.139. The molecule has 3 rings (SSSR count). The lowest BCUT2D eigenvalue weighted by Gasteiger charge is -2.38. The quantitative estimate of drug-likeness (QED) is 0.807. The zero-order valence-corrected chi connectivity index (χ0v) is 16.6. The molecule has 2 aliphatic rings. The third kappa shape index (κ3) is 3.86. The number of hydrogen-bond acceptors (Lipinski definition) is 5. The van der Waals surface area contributed by atoms with Gasteiger partial charge in [0.25, 0.3) is 0 Å². The van der Waals surface area contributed by atoms with Crippen molar-refractivity contribution >= 4 is 17.7 Å². The summed E-state index contributed by atoms with van der Waals surface area (Å²) >= 11 is 0. The number of Topliss-reactive ketones (excluding diaryl/α,β-unsaturated/α-hetero) is 1. The molecule has 0 bridgehead atoms. The van der Waals surface area contributed by atoms with E-state index >= 15 is 0 Å². The van der Waals surface area contributed by atoms with Gasteiger partial charge in [0, 0.05) is 25.3 Å². The van der Waals surface area contributed by atoms with Crippen molar-refractivity contribution in [3.05, 3.63) is 58.7 Å². The van der Waals surface area contributed by atoms with Gasteiger partial charge in [-0.3, -0.25) is 14.9 Å². The molecule has 28 heavy (non-hydrogen) atoms. The van der Waals surface area contributed by atoms with Crippen LogP contribution in [0.5, 0.6) is 0 Å². The van der Waals surface area contributed by atoms with E-state index in [0.29, 0.717) is 24.2 Å². The van der Waals surface area contributed by atoms with Gasteiger partial charge in [-0.25, -0.2) is 4.79 Å². The molecule has 148 valence electrons. The molecule has 1 N–H and O–H groups in total. The first kappa shape index (κ1) is 19.9. The number of esters is 1. The van der Waals surface area contributed by atoms with Gasteiger partial charge in [-0.1, -0.05) is 44.2 Å². The summed E-state index contributed by atoms with van der Waals surface area (Å²) in [7, 11) is 0. The van der Waals surface area contributed by atoms with Gasteiger partial charge in [0.05, 0.1) is 12.5 Å². The van der Waals surface area contributed by atoms with Crippen molar-refractivity contribution in [1.82, 2.24) is 5.32 Å². The van der Waals surface area contributed by atoms with Gasteiger partial charge in [-0.05, 0) is 17.9 Å². The van der Waals surface area contributed by atoms with Gasteiger partial charge in [0.2, 0.25) is 11.8 Å². The van der Waals surface area contributed by atoms with Gasteiger partial charge in [0.15, 0.2) is 5.78 Å². The van der Waals surface area contributed by atoms with E-state index in [1.807, 2.05) is 44.2 Å². The first-order chi connectivity index (χ1) is 13.2. The molecule has 1 amide bonds. The van der Waals surface area contributed by atoms with E-state index in [1.165, 1.54) is 6.92 Å². The molecule has 0 saturated carbocycles. The fraction of sp³-hybridized carbons (Fsp3) is 0.409. The van der Waals surface area contributed by atoms with Crippen LogP contribution in [0.15, 0.2) is 53.1 Å². The summed E-state index contributed by atoms with van der Waals surface area (Å²) in [6, 6.07) is 9.29. The Hall–Kier alpha value is -2.89. The second kappa shape index (κ2) is 7.62. The molecule has 1 aromatic rings. The van der Waals surface area contributed by atoms with Crippen LogP contribution < -0.4 is 5.32 Å². The number of carbonyl (C=O) groups excluding carboxylic acids is 3. The highest BCUT2D eigenvalue weighted by Gasteiger charge is 2.45. The maximum atomic E-state index is 13.1. The zero-order chi connectivity index (χ0) is 20.5. The maximum Gasteiger partial charge on any atom is 0.340 e. The Labute approximate surface area is 164 Å². The van der Waals surface area contributed by atoms with Crippen LogP contribution in [0.25, 0.3) is 0 Å². The van der Waals surface area contributed by atoms with Gasteiger partial charge in [0.1, 0.15) is 11.3 Å². The second-order valence-corrected chi connectivity index (χ2v) is 7.87. The predicted octanol–water partition coefficient (Wildman–Crippen LogP) is 3.35. The summed E-state index contributed by atoms with van der Waals surface area (Å²) < 4.78 is 11.2. The molecule has 1 unspecified atom stereocenters. The van der Waals surface area contributed by atoms with Crippen molar-refractivity contribution in [1.29, 1.82) is 0 Å². The van der Waals surface area contributed by atoms with Crippen LogP contribution in [0.1, 0.15) is 52.0 Å². The molecule has 6 heteroatoms. The molecule has 0 radical (unpaired) electrons. The minimum atomic E-state index is -0.644. The second-order valence-electron chi connectivity index (χ2n) is 7.87. The van der Waals surface area contributed by atoms with Crippen molar-refractivity contribution in [3.8, 4) is 0 Å². The molecule has 0 fully saturated rings. The monoisotopic (exact) mass is 383 g/mol. The Kier molecular flexibility index (Phi) is 5.40. The van der Waals surface area contributed by atoms with Crippen LogP contribution in [0.3, 0.4) is 0 Å². The fourth-order valence-corrected chi connectivity index (χ4v) is 3.80. The summed E-state index contributed by atoms with van der Waals surface area (Å²) in [4.78, 5) is 37.7. The highest BCUT2D eigenvalue weighted by Crippen LogP contribution is 2.48. The molecule has 6 nitrogen and oxygen atoms in total. The molecule has 1 atom stereocenters. The molecule has 0 saturated heterocycles. The Balaban J connectivity index is 2.22. The molecular weight excluding hydrogens is 358 g/mol. The number of ketones is 1. The average molecular weight is 383 g/mol. The van der Waals surface area contributed by atoms with Crippen LogP contribution >= 0.6 is 0 Å². The topological polar surface area (TPSA) is 81.7 Å². The molecule has 0 aromatic heterocycles. The average Bonchev–Trinajstić information content (AvgIpc) is 2.59. The normalized spacial score (nSPS) is 21.0. The number of amides is 1. The molecule has 1 aliphatic heterocycles. The zero-order valence-electron chi connectivity index (χ0n) is 16.6. The van der Waals surface area contributed by atoms with Gasteiger partial charge in [-0.15, -0.1) is 0 Å². The predicted molar refractivity (Wildman–Crippen MR) is 103 cm³/mol. The van der Waals surface area contributed by atoms with Crippen LogP contribution in [-0.2, 0) is 23.9 Å². The lowest BCUT2D eigenvalue weighted by Crippen LogP contribution is -2.37. The SMILES string of the molecule is CCOC(=O)C1=C(NC(C)=O)OC2=C(C(=O)CC(C)(C)C2)C1c1ccccc1. The molecule has 1 heterocycles. The Bertz CT molecular complexity index is 879. The summed E-state index contributed by atoms with van der Waals surface area (Å²) in [5, 5.41) is 2.62. The van der Waals surface area contributed by atoms with Crippen molar-refractivity contribution < 1.29 is 23.9 Å². The molecule has 1 aromatic carbocycles.